The zero-order valence-corrected chi connectivity index (χ0v) is 24.8. The minimum Gasteiger partial charge on any atom is -0.486 e. The second-order valence-electron chi connectivity index (χ2n) is 10.2. The van der Waals surface area contributed by atoms with E-state index in [4.69, 9.17) is 18.9 Å². The molecule has 3 aromatic carbocycles. The lowest BCUT2D eigenvalue weighted by atomic mass is 9.89. The largest absolute Gasteiger partial charge is 0.486 e. The Labute approximate surface area is 244 Å². The summed E-state index contributed by atoms with van der Waals surface area (Å²) in [6.07, 6.45) is 7.37. The van der Waals surface area contributed by atoms with Gasteiger partial charge in [0, 0.05) is 6.54 Å². The molecule has 0 fully saturated rings. The lowest BCUT2D eigenvalue weighted by Crippen LogP contribution is -2.28. The van der Waals surface area contributed by atoms with E-state index in [0.29, 0.717) is 26.4 Å². The fourth-order valence-electron chi connectivity index (χ4n) is 5.19. The summed E-state index contributed by atoms with van der Waals surface area (Å²) in [4.78, 5) is 1.84. The van der Waals surface area contributed by atoms with Gasteiger partial charge >= 0.3 is 0 Å². The van der Waals surface area contributed by atoms with Crippen LogP contribution in [0.5, 0.6) is 23.0 Å². The Bertz CT molecular complexity index is 1430. The van der Waals surface area contributed by atoms with Crippen molar-refractivity contribution in [3.05, 3.63) is 92.0 Å². The molecule has 0 bridgehead atoms. The van der Waals surface area contributed by atoms with Crippen molar-refractivity contribution in [3.63, 3.8) is 0 Å². The standard InChI is InChI=1S/C22H25NO3.C11H11BrO2/c1-14-9-17-5-6-23-20(19(17)11-18(14)13-24)4-3-16-12-22-21(10-15(16)2)25-7-8-26-22;1-8-6-10-11(14-5-4-13-10)7-9(8)2-3-12/h3-4,9-12,20,23-24H,5-8,13H2,1-2H3;2-3,6-7H,4-5H2,1H3/b4-3+;3-2+. The second kappa shape index (κ2) is 12.9. The van der Waals surface area contributed by atoms with E-state index in [1.807, 2.05) is 29.3 Å². The predicted molar refractivity (Wildman–Crippen MR) is 163 cm³/mol. The first-order chi connectivity index (χ1) is 19.5. The van der Waals surface area contributed by atoms with Crippen molar-refractivity contribution in [1.82, 2.24) is 5.32 Å². The highest BCUT2D eigenvalue weighted by Crippen LogP contribution is 2.35. The van der Waals surface area contributed by atoms with Gasteiger partial charge in [-0.2, -0.15) is 0 Å². The number of ether oxygens (including phenoxy) is 4. The van der Waals surface area contributed by atoms with Crippen molar-refractivity contribution in [3.8, 4) is 23.0 Å². The summed E-state index contributed by atoms with van der Waals surface area (Å²) in [6.45, 7) is 9.73. The monoisotopic (exact) mass is 605 g/mol. The Balaban J connectivity index is 0.000000194. The van der Waals surface area contributed by atoms with E-state index in [0.717, 1.165) is 52.7 Å². The summed E-state index contributed by atoms with van der Waals surface area (Å²) in [5, 5.41) is 13.2. The Hall–Kier alpha value is -3.26. The van der Waals surface area contributed by atoms with Crippen LogP contribution in [0.3, 0.4) is 0 Å². The fourth-order valence-corrected chi connectivity index (χ4v) is 5.48. The number of halogens is 1. The number of fused-ring (bicyclic) bond motifs is 3. The third-order valence-electron chi connectivity index (χ3n) is 7.43. The molecule has 0 aromatic heterocycles. The van der Waals surface area contributed by atoms with Crippen molar-refractivity contribution in [2.75, 3.05) is 33.0 Å². The zero-order valence-electron chi connectivity index (χ0n) is 23.3. The zero-order chi connectivity index (χ0) is 28.1. The molecule has 6 nitrogen and oxygen atoms in total. The highest BCUT2D eigenvalue weighted by atomic mass is 79.9. The Morgan fingerprint density at radius 3 is 1.88 bits per heavy atom. The fraction of sp³-hybridized carbons (Fsp3) is 0.333. The molecule has 40 heavy (non-hydrogen) atoms. The van der Waals surface area contributed by atoms with Gasteiger partial charge in [0.1, 0.15) is 26.4 Å². The van der Waals surface area contributed by atoms with Crippen molar-refractivity contribution < 1.29 is 24.1 Å². The highest BCUT2D eigenvalue weighted by molar-refractivity contribution is 9.11. The Kier molecular flexibility index (Phi) is 9.15. The van der Waals surface area contributed by atoms with Gasteiger partial charge in [-0.25, -0.2) is 0 Å². The van der Waals surface area contributed by atoms with E-state index in [2.05, 4.69) is 72.4 Å². The Morgan fingerprint density at radius 1 is 0.775 bits per heavy atom. The summed E-state index contributed by atoms with van der Waals surface area (Å²) in [7, 11) is 0. The van der Waals surface area contributed by atoms with Crippen LogP contribution >= 0.6 is 15.9 Å². The highest BCUT2D eigenvalue weighted by Gasteiger charge is 2.20. The number of hydrogen-bond acceptors (Lipinski definition) is 6. The van der Waals surface area contributed by atoms with Crippen LogP contribution in [0.15, 0.2) is 47.5 Å². The minimum absolute atomic E-state index is 0.0802. The van der Waals surface area contributed by atoms with Crippen LogP contribution < -0.4 is 24.3 Å². The van der Waals surface area contributed by atoms with Gasteiger partial charge in [-0.05, 0) is 107 Å². The predicted octanol–water partition coefficient (Wildman–Crippen LogP) is 6.60. The summed E-state index contributed by atoms with van der Waals surface area (Å²) >= 11 is 3.26. The van der Waals surface area contributed by atoms with E-state index in [-0.39, 0.29) is 12.6 Å². The number of hydrogen-bond donors (Lipinski definition) is 2. The quantitative estimate of drug-likeness (QED) is 0.349. The van der Waals surface area contributed by atoms with Gasteiger partial charge < -0.3 is 29.4 Å². The van der Waals surface area contributed by atoms with Gasteiger partial charge in [0.25, 0.3) is 0 Å². The summed E-state index contributed by atoms with van der Waals surface area (Å²) in [6, 6.07) is 12.6. The molecule has 1 atom stereocenters. The molecule has 0 spiro atoms. The SMILES string of the molecule is Cc1cc2c(cc1/C=C/Br)OCCO2.Cc1cc2c(cc1/C=C/C1NCCc3cc(C)c(CO)cc31)OCCO2. The first-order valence-corrected chi connectivity index (χ1v) is 14.6. The number of benzene rings is 3. The molecule has 210 valence electrons. The topological polar surface area (TPSA) is 69.2 Å². The van der Waals surface area contributed by atoms with Crippen molar-refractivity contribution in [1.29, 1.82) is 0 Å². The summed E-state index contributed by atoms with van der Waals surface area (Å²) < 4.78 is 22.3. The van der Waals surface area contributed by atoms with E-state index >= 15 is 0 Å². The van der Waals surface area contributed by atoms with E-state index < -0.39 is 0 Å². The number of rotatable bonds is 4. The molecule has 3 aliphatic heterocycles. The molecule has 0 aliphatic carbocycles. The van der Waals surface area contributed by atoms with Gasteiger partial charge in [0.15, 0.2) is 23.0 Å². The van der Waals surface area contributed by atoms with Crippen LogP contribution in [-0.4, -0.2) is 38.1 Å². The van der Waals surface area contributed by atoms with Crippen molar-refractivity contribution in [2.45, 2.75) is 39.8 Å². The lowest BCUT2D eigenvalue weighted by Gasteiger charge is -2.26. The minimum atomic E-state index is 0.0802. The molecular formula is C33H36BrNO5. The molecule has 0 amide bonds. The first kappa shape index (κ1) is 28.3. The van der Waals surface area contributed by atoms with Crippen molar-refractivity contribution in [2.24, 2.45) is 0 Å². The van der Waals surface area contributed by atoms with Gasteiger partial charge in [-0.1, -0.05) is 40.2 Å². The van der Waals surface area contributed by atoms with E-state index in [9.17, 15) is 5.11 Å². The van der Waals surface area contributed by atoms with Gasteiger partial charge in [0.2, 0.25) is 0 Å². The maximum absolute atomic E-state index is 9.60. The van der Waals surface area contributed by atoms with Crippen LogP contribution in [0.1, 0.15) is 50.5 Å². The molecule has 0 saturated carbocycles. The molecule has 1 unspecified atom stereocenters. The molecule has 7 heteroatoms. The average molecular weight is 607 g/mol. The third-order valence-corrected chi connectivity index (χ3v) is 7.70. The molecule has 3 aromatic rings. The van der Waals surface area contributed by atoms with Crippen LogP contribution in [0.4, 0.5) is 0 Å². The van der Waals surface area contributed by atoms with Crippen molar-refractivity contribution >= 4 is 28.1 Å². The maximum Gasteiger partial charge on any atom is 0.161 e. The second-order valence-corrected chi connectivity index (χ2v) is 10.7. The smallest absolute Gasteiger partial charge is 0.161 e. The average Bonchev–Trinajstić information content (AvgIpc) is 2.96. The molecule has 0 saturated heterocycles. The van der Waals surface area contributed by atoms with Gasteiger partial charge in [0.05, 0.1) is 12.6 Å². The van der Waals surface area contributed by atoms with Crippen LogP contribution in [0.25, 0.3) is 12.2 Å². The third kappa shape index (κ3) is 6.38. The molecule has 2 N–H and O–H groups in total. The molecule has 3 aliphatic rings. The van der Waals surface area contributed by atoms with Crippen LogP contribution in [0, 0.1) is 20.8 Å². The maximum atomic E-state index is 9.60. The van der Waals surface area contributed by atoms with E-state index in [1.54, 1.807) is 0 Å². The Morgan fingerprint density at radius 2 is 1.32 bits per heavy atom. The molecule has 0 radical (unpaired) electrons. The molecular weight excluding hydrogens is 570 g/mol. The summed E-state index contributed by atoms with van der Waals surface area (Å²) in [5.74, 6) is 3.33. The molecule has 3 heterocycles. The number of nitrogens with one attached hydrogen (secondary N) is 1. The first-order valence-electron chi connectivity index (χ1n) is 13.7. The normalized spacial score (nSPS) is 17.4. The number of aryl methyl sites for hydroxylation is 3. The lowest BCUT2D eigenvalue weighted by molar-refractivity contribution is 0.171. The van der Waals surface area contributed by atoms with E-state index in [1.165, 1.54) is 27.8 Å². The van der Waals surface area contributed by atoms with Gasteiger partial charge in [-0.3, -0.25) is 0 Å². The summed E-state index contributed by atoms with van der Waals surface area (Å²) in [5.41, 5.74) is 9.43. The number of aliphatic hydroxyl groups is 1. The number of aliphatic hydroxyl groups excluding tert-OH is 1. The van der Waals surface area contributed by atoms with Gasteiger partial charge in [-0.15, -0.1) is 0 Å². The van der Waals surface area contributed by atoms with Crippen LogP contribution in [-0.2, 0) is 13.0 Å². The molecule has 6 rings (SSSR count). The van der Waals surface area contributed by atoms with Crippen LogP contribution in [0.2, 0.25) is 0 Å².